The van der Waals surface area contributed by atoms with Gasteiger partial charge in [0.25, 0.3) is 0 Å². The first-order chi connectivity index (χ1) is 32.7. The first kappa shape index (κ1) is 71.1. The Morgan fingerprint density at radius 2 is 1.10 bits per heavy atom. The summed E-state index contributed by atoms with van der Waals surface area (Å²) in [5.41, 5.74) is 0. The summed E-state index contributed by atoms with van der Waals surface area (Å²) in [7, 11) is -7.87. The zero-order valence-corrected chi connectivity index (χ0v) is 47.9. The van der Waals surface area contributed by atoms with Crippen LogP contribution in [-0.2, 0) is 88.3 Å². The van der Waals surface area contributed by atoms with E-state index in [9.17, 15) is 47.9 Å². The molecule has 0 saturated heterocycles. The van der Waals surface area contributed by atoms with Crippen LogP contribution in [0.3, 0.4) is 0 Å². The van der Waals surface area contributed by atoms with E-state index in [4.69, 9.17) is 69.8 Å². The van der Waals surface area contributed by atoms with Crippen LogP contribution in [0.25, 0.3) is 0 Å². The van der Waals surface area contributed by atoms with Gasteiger partial charge in [-0.05, 0) is 59.2 Å². The maximum Gasteiger partial charge on any atom is 0.472 e. The van der Waals surface area contributed by atoms with E-state index in [1.165, 1.54) is 35.2 Å². The van der Waals surface area contributed by atoms with Crippen molar-refractivity contribution in [3.05, 3.63) is 6.61 Å². The standard InChI is InChI=1S/C38H77N3O25P3.U/c1-30(55-6)34(42)28-63-68(48,49)65-32(26-54-5)27-62-69(50,51)66-35(31(2)56-7)29-64-67(46,47)61-17-13-9-8-11-15-39-36(43)33(41-38(45)60-25-23-58-21-19-53-4)14-10-12-16-40-37(44)59-24-22-57-20-18-52-3;/h26,30-35,42H,8-25,27-29H2,1-7H3,(H,39,43)(H,40,44)(H,41,45)(H,46,47)(H,48,49)(H,50,51);/q-1;. The fourth-order valence-electron chi connectivity index (χ4n) is 5.03. The van der Waals surface area contributed by atoms with Crippen molar-refractivity contribution in [1.29, 1.82) is 0 Å². The third-order valence-corrected chi connectivity index (χ3v) is 12.1. The van der Waals surface area contributed by atoms with Gasteiger partial charge >= 0.3 is 35.7 Å². The number of phosphoric ester groups is 3. The topological polar surface area (TPSA) is 358 Å². The number of aliphatic hydroxyl groups is 1. The van der Waals surface area contributed by atoms with E-state index in [2.05, 4.69) is 16.0 Å². The van der Waals surface area contributed by atoms with Crippen LogP contribution >= 0.6 is 23.5 Å². The molecule has 0 aliphatic heterocycles. The number of hydrogen-bond donors (Lipinski definition) is 7. The van der Waals surface area contributed by atoms with Gasteiger partial charge in [-0.3, -0.25) is 27.4 Å². The Morgan fingerprint density at radius 3 is 1.70 bits per heavy atom. The summed E-state index contributed by atoms with van der Waals surface area (Å²) in [5, 5.41) is 17.9. The van der Waals surface area contributed by atoms with E-state index in [0.717, 1.165) is 13.7 Å². The maximum atomic E-state index is 13.1. The molecule has 9 unspecified atom stereocenters. The monoisotopic (exact) mass is 1310 g/mol. The molecule has 32 heteroatoms. The van der Waals surface area contributed by atoms with Crippen molar-refractivity contribution in [2.24, 2.45) is 0 Å². The average Bonchev–Trinajstić information content (AvgIpc) is 3.30. The number of carbonyl (C=O) groups excluding carboxylic acids is 3. The average molecular weight is 1310 g/mol. The molecule has 0 spiro atoms. The van der Waals surface area contributed by atoms with Crippen molar-refractivity contribution in [3.8, 4) is 0 Å². The molecule has 70 heavy (non-hydrogen) atoms. The maximum absolute atomic E-state index is 13.1. The Morgan fingerprint density at radius 1 is 0.571 bits per heavy atom. The minimum absolute atomic E-state index is 0. The Balaban J connectivity index is 0. The van der Waals surface area contributed by atoms with E-state index in [0.29, 0.717) is 65.0 Å². The first-order valence-electron chi connectivity index (χ1n) is 22.0. The van der Waals surface area contributed by atoms with E-state index in [1.54, 1.807) is 7.11 Å². The second-order valence-electron chi connectivity index (χ2n) is 14.5. The van der Waals surface area contributed by atoms with Gasteiger partial charge in [-0.25, -0.2) is 23.3 Å². The molecule has 0 bridgehead atoms. The second kappa shape index (κ2) is 43.3. The van der Waals surface area contributed by atoms with Crippen molar-refractivity contribution in [3.63, 3.8) is 0 Å². The molecule has 0 aromatic rings. The molecule has 0 saturated carbocycles. The number of amides is 3. The minimum Gasteiger partial charge on any atom is -0.552 e. The van der Waals surface area contributed by atoms with E-state index in [-0.39, 0.29) is 83.7 Å². The van der Waals surface area contributed by atoms with Gasteiger partial charge in [0.2, 0.25) is 5.91 Å². The van der Waals surface area contributed by atoms with E-state index in [1.807, 2.05) is 0 Å². The molecule has 0 heterocycles. The molecule has 0 aliphatic carbocycles. The van der Waals surface area contributed by atoms with Gasteiger partial charge in [0.1, 0.15) is 31.5 Å². The fraction of sp³-hybridized carbons (Fsp3) is 0.895. The van der Waals surface area contributed by atoms with Crippen molar-refractivity contribution in [2.45, 2.75) is 95.4 Å². The normalized spacial score (nSPS) is 16.7. The molecule has 0 aliphatic rings. The molecular formula is C38H77N3O25P3U-. The number of nitrogens with one attached hydrogen (secondary N) is 3. The number of methoxy groups -OCH3 is 5. The predicted octanol–water partition coefficient (Wildman–Crippen LogP) is 2.36. The molecule has 0 fully saturated rings. The summed E-state index contributed by atoms with van der Waals surface area (Å²) in [6.45, 7) is 3.61. The number of aliphatic hydroxyl groups excluding tert-OH is 1. The number of ether oxygens (including phenoxy) is 9. The number of alkyl carbamates (subject to hydrolysis) is 2. The van der Waals surface area contributed by atoms with Gasteiger partial charge in [-0.15, -0.1) is 0 Å². The van der Waals surface area contributed by atoms with E-state index >= 15 is 0 Å². The predicted molar refractivity (Wildman–Crippen MR) is 242 cm³/mol. The van der Waals surface area contributed by atoms with Crippen LogP contribution in [0.5, 0.6) is 0 Å². The van der Waals surface area contributed by atoms with Crippen molar-refractivity contribution in [2.75, 3.05) is 128 Å². The van der Waals surface area contributed by atoms with Gasteiger partial charge in [-0.2, -0.15) is 6.61 Å². The Labute approximate surface area is 434 Å². The van der Waals surface area contributed by atoms with Crippen LogP contribution in [0.4, 0.5) is 9.59 Å². The molecule has 3 amide bonds. The summed E-state index contributed by atoms with van der Waals surface area (Å²) < 4.78 is 113. The smallest absolute Gasteiger partial charge is 0.472 e. The van der Waals surface area contributed by atoms with E-state index < -0.39 is 97.9 Å². The number of carbonyl (C=O) groups is 3. The first-order valence-corrected chi connectivity index (χ1v) is 26.5. The number of rotatable bonds is 46. The molecular weight excluding hydrogens is 1230 g/mol. The fourth-order valence-corrected chi connectivity index (χ4v) is 7.62. The van der Waals surface area contributed by atoms with Crippen molar-refractivity contribution < 1.29 is 149 Å². The Kier molecular flexibility index (Phi) is 44.0. The van der Waals surface area contributed by atoms with Crippen LogP contribution in [-0.4, -0.2) is 202 Å². The summed E-state index contributed by atoms with van der Waals surface area (Å²) >= 11 is 0. The summed E-state index contributed by atoms with van der Waals surface area (Å²) in [5.74, 6) is -0.451. The molecule has 0 rings (SSSR count). The largest absolute Gasteiger partial charge is 0.552 e. The SMILES string of the molecule is CO[CH-]C(COP(=O)(O)OC(COP(=O)(O)OCCCCCCNC(=O)C(CCCCNC(=O)OCCOCCOC)NC(=O)OCCOCCOC)C(C)OC)OP(=O)(O)OCC(O)C(C)OC.[U]. The number of phosphoric acid groups is 3. The summed E-state index contributed by atoms with van der Waals surface area (Å²) in [4.78, 5) is 68.2. The van der Waals surface area contributed by atoms with Gasteiger partial charge in [-0.1, -0.05) is 12.8 Å². The van der Waals surface area contributed by atoms with Crippen LogP contribution in [0, 0.1) is 37.7 Å². The van der Waals surface area contributed by atoms with Crippen LogP contribution in [0.15, 0.2) is 0 Å². The van der Waals surface area contributed by atoms with Gasteiger partial charge in [0.05, 0.1) is 78.3 Å². The van der Waals surface area contributed by atoms with Crippen molar-refractivity contribution >= 4 is 41.6 Å². The van der Waals surface area contributed by atoms with Crippen LogP contribution in [0.2, 0.25) is 0 Å². The minimum atomic E-state index is -5.05. The molecule has 0 aromatic carbocycles. The molecule has 28 nitrogen and oxygen atoms in total. The van der Waals surface area contributed by atoms with Gasteiger partial charge in [0.15, 0.2) is 0 Å². The molecule has 0 radical (unpaired) electrons. The Bertz CT molecular complexity index is 1500. The van der Waals surface area contributed by atoms with Crippen LogP contribution < -0.4 is 16.0 Å². The molecule has 414 valence electrons. The van der Waals surface area contributed by atoms with Gasteiger partial charge < -0.3 is 82.9 Å². The summed E-state index contributed by atoms with van der Waals surface area (Å²) in [6, 6.07) is -0.942. The third kappa shape index (κ3) is 39.5. The summed E-state index contributed by atoms with van der Waals surface area (Å²) in [6.07, 6.45) is -4.42. The van der Waals surface area contributed by atoms with Crippen LogP contribution in [0.1, 0.15) is 58.8 Å². The number of hydrogen-bond acceptors (Lipinski definition) is 22. The Hall–Kier alpha value is -0.928. The second-order valence-corrected chi connectivity index (χ2v) is 18.8. The zero-order chi connectivity index (χ0) is 52.0. The molecule has 0 aromatic heterocycles. The van der Waals surface area contributed by atoms with Crippen molar-refractivity contribution in [1.82, 2.24) is 16.0 Å². The zero-order valence-electron chi connectivity index (χ0n) is 41.1. The molecule has 7 N–H and O–H groups in total. The number of unbranched alkanes of at least 4 members (excludes halogenated alkanes) is 4. The quantitative estimate of drug-likeness (QED) is 0.0261. The van der Waals surface area contributed by atoms with Gasteiger partial charge in [0, 0.05) is 72.6 Å². The molecule has 9 atom stereocenters. The third-order valence-electron chi connectivity index (χ3n) is 9.05.